The highest BCUT2D eigenvalue weighted by atomic mass is 32.1. The van der Waals surface area contributed by atoms with Gasteiger partial charge in [0.25, 0.3) is 17.7 Å². The monoisotopic (exact) mass is 494 g/mol. The van der Waals surface area contributed by atoms with Crippen LogP contribution in [-0.4, -0.2) is 46.8 Å². The number of carbonyl (C=O) groups is 4. The molecule has 1 aromatic carbocycles. The van der Waals surface area contributed by atoms with Gasteiger partial charge in [0, 0.05) is 23.1 Å². The minimum absolute atomic E-state index is 0.203. The van der Waals surface area contributed by atoms with Gasteiger partial charge in [-0.1, -0.05) is 18.2 Å². The molecule has 12 heteroatoms. The molecule has 5 N–H and O–H groups in total. The highest BCUT2D eigenvalue weighted by Crippen LogP contribution is 2.41. The predicted molar refractivity (Wildman–Crippen MR) is 128 cm³/mol. The van der Waals surface area contributed by atoms with Crippen LogP contribution in [0.4, 0.5) is 10.5 Å². The number of nitrogens with one attached hydrogen (secondary N) is 3. The first kappa shape index (κ1) is 22.6. The molecule has 2 aliphatic heterocycles. The van der Waals surface area contributed by atoms with Gasteiger partial charge in [-0.15, -0.1) is 11.3 Å². The van der Waals surface area contributed by atoms with Gasteiger partial charge in [-0.05, 0) is 31.5 Å². The van der Waals surface area contributed by atoms with E-state index in [1.165, 1.54) is 0 Å². The van der Waals surface area contributed by atoms with Gasteiger partial charge in [-0.3, -0.25) is 30.1 Å². The lowest BCUT2D eigenvalue weighted by molar-refractivity contribution is -0.136. The summed E-state index contributed by atoms with van der Waals surface area (Å²) in [5, 5.41) is 3.41. The number of benzene rings is 1. The summed E-state index contributed by atoms with van der Waals surface area (Å²) in [6.07, 6.45) is 0.238. The molecule has 5 amide bonds. The summed E-state index contributed by atoms with van der Waals surface area (Å²) in [6.45, 7) is 3.40. The molecule has 11 nitrogen and oxygen atoms in total. The molecule has 2 aromatic heterocycles. The fourth-order valence-corrected chi connectivity index (χ4v) is 5.63. The molecule has 0 radical (unpaired) electrons. The predicted octanol–water partition coefficient (Wildman–Crippen LogP) is 1.49. The second-order valence-corrected chi connectivity index (χ2v) is 9.43. The molecule has 1 atom stereocenters. The Kier molecular flexibility index (Phi) is 5.32. The van der Waals surface area contributed by atoms with Crippen molar-refractivity contribution in [3.8, 4) is 5.75 Å². The van der Waals surface area contributed by atoms with Crippen LogP contribution in [0.1, 0.15) is 32.9 Å². The standard InChI is InChI=1S/C23H22N6O5S/c1-11-9-12(2)25-20-16(11)17(24)18(35-20)19(31)28-27-15(30)10-29-21(32)23(26-22(29)33)7-8-34-14-6-4-3-5-13(14)23/h3-6,9H,7-8,10,24H2,1-2H3,(H,26,33)(H,27,30)(H,28,31)/t23-/m0/s1. The van der Waals surface area contributed by atoms with Crippen LogP contribution in [0.25, 0.3) is 10.2 Å². The summed E-state index contributed by atoms with van der Waals surface area (Å²) in [6, 6.07) is 8.13. The molecule has 35 heavy (non-hydrogen) atoms. The van der Waals surface area contributed by atoms with E-state index in [0.29, 0.717) is 21.5 Å². The normalized spacial score (nSPS) is 18.9. The van der Waals surface area contributed by atoms with Crippen LogP contribution in [0.5, 0.6) is 5.75 Å². The lowest BCUT2D eigenvalue weighted by Crippen LogP contribution is -2.49. The minimum atomic E-state index is -1.29. The maximum atomic E-state index is 13.3. The maximum Gasteiger partial charge on any atom is 0.325 e. The maximum absolute atomic E-state index is 13.3. The van der Waals surface area contributed by atoms with Crippen LogP contribution in [0.2, 0.25) is 0 Å². The number of hydrazine groups is 1. The number of aryl methyl sites for hydroxylation is 2. The number of thiophene rings is 1. The van der Waals surface area contributed by atoms with Crippen molar-refractivity contribution in [1.29, 1.82) is 0 Å². The number of hydrogen-bond donors (Lipinski definition) is 4. The third-order valence-corrected chi connectivity index (χ3v) is 7.20. The van der Waals surface area contributed by atoms with Crippen LogP contribution in [0.15, 0.2) is 30.3 Å². The summed E-state index contributed by atoms with van der Waals surface area (Å²) in [4.78, 5) is 57.2. The van der Waals surface area contributed by atoms with Crippen LogP contribution >= 0.6 is 11.3 Å². The van der Waals surface area contributed by atoms with E-state index < -0.39 is 35.8 Å². The average molecular weight is 495 g/mol. The Hall–Kier alpha value is -4.19. The van der Waals surface area contributed by atoms with Crippen molar-refractivity contribution in [3.05, 3.63) is 52.0 Å². The first-order valence-corrected chi connectivity index (χ1v) is 11.6. The molecule has 1 fully saturated rings. The zero-order valence-corrected chi connectivity index (χ0v) is 19.7. The smallest absolute Gasteiger partial charge is 0.325 e. The van der Waals surface area contributed by atoms with Gasteiger partial charge in [0.1, 0.15) is 22.0 Å². The molecule has 4 heterocycles. The van der Waals surface area contributed by atoms with Crippen molar-refractivity contribution in [2.24, 2.45) is 0 Å². The Balaban J connectivity index is 1.28. The second kappa shape index (κ2) is 8.24. The largest absolute Gasteiger partial charge is 0.493 e. The van der Waals surface area contributed by atoms with Crippen LogP contribution in [-0.2, 0) is 15.1 Å². The van der Waals surface area contributed by atoms with E-state index in [2.05, 4.69) is 21.2 Å². The zero-order chi connectivity index (χ0) is 24.9. The Morgan fingerprint density at radius 1 is 1.26 bits per heavy atom. The number of rotatable bonds is 3. The number of urea groups is 1. The Labute approximate surface area is 203 Å². The minimum Gasteiger partial charge on any atom is -0.493 e. The highest BCUT2D eigenvalue weighted by molar-refractivity contribution is 7.21. The number of aromatic nitrogens is 1. The summed E-state index contributed by atoms with van der Waals surface area (Å²) < 4.78 is 5.60. The van der Waals surface area contributed by atoms with Crippen LogP contribution < -0.4 is 26.6 Å². The molecule has 2 aliphatic rings. The quantitative estimate of drug-likeness (QED) is 0.317. The number of nitrogens with two attached hydrogens (primary N) is 1. The number of hydrogen-bond acceptors (Lipinski definition) is 8. The molecule has 5 rings (SSSR count). The van der Waals surface area contributed by atoms with E-state index in [1.807, 2.05) is 19.9 Å². The number of imide groups is 1. The van der Waals surface area contributed by atoms with Gasteiger partial charge in [0.2, 0.25) is 0 Å². The molecular weight excluding hydrogens is 472 g/mol. The SMILES string of the molecule is Cc1cc(C)c2c(N)c(C(=O)NNC(=O)CN3C(=O)N[C@]4(CCOc5ccccc54)C3=O)sc2n1. The molecule has 3 aromatic rings. The molecule has 0 saturated carbocycles. The summed E-state index contributed by atoms with van der Waals surface area (Å²) in [7, 11) is 0. The van der Waals surface area contributed by atoms with E-state index in [4.69, 9.17) is 10.5 Å². The number of fused-ring (bicyclic) bond motifs is 3. The number of nitrogens with zero attached hydrogens (tertiary/aromatic N) is 2. The van der Waals surface area contributed by atoms with E-state index >= 15 is 0 Å². The molecule has 1 saturated heterocycles. The van der Waals surface area contributed by atoms with Crippen LogP contribution in [0, 0.1) is 13.8 Å². The third-order valence-electron chi connectivity index (χ3n) is 6.10. The van der Waals surface area contributed by atoms with Gasteiger partial charge in [0.15, 0.2) is 5.54 Å². The summed E-state index contributed by atoms with van der Waals surface area (Å²) >= 11 is 1.11. The van der Waals surface area contributed by atoms with Gasteiger partial charge in [-0.2, -0.15) is 0 Å². The van der Waals surface area contributed by atoms with E-state index in [0.717, 1.165) is 27.5 Å². The Bertz CT molecular complexity index is 1420. The fraction of sp³-hybridized carbons (Fsp3) is 0.261. The van der Waals surface area contributed by atoms with Gasteiger partial charge < -0.3 is 15.8 Å². The number of carbonyl (C=O) groups excluding carboxylic acids is 4. The molecule has 180 valence electrons. The van der Waals surface area contributed by atoms with E-state index in [-0.39, 0.29) is 23.6 Å². The fourth-order valence-electron chi connectivity index (χ4n) is 4.52. The zero-order valence-electron chi connectivity index (χ0n) is 18.9. The number of ether oxygens (including phenoxy) is 1. The van der Waals surface area contributed by atoms with Crippen molar-refractivity contribution < 1.29 is 23.9 Å². The molecule has 1 spiro atoms. The van der Waals surface area contributed by atoms with Crippen molar-refractivity contribution in [1.82, 2.24) is 26.1 Å². The van der Waals surface area contributed by atoms with Crippen molar-refractivity contribution >= 4 is 51.0 Å². The number of pyridine rings is 1. The number of anilines is 1. The lowest BCUT2D eigenvalue weighted by Gasteiger charge is -2.33. The Morgan fingerprint density at radius 2 is 2.03 bits per heavy atom. The topological polar surface area (TPSA) is 156 Å². The number of amides is 5. The molecule has 0 bridgehead atoms. The van der Waals surface area contributed by atoms with Gasteiger partial charge in [-0.25, -0.2) is 9.78 Å². The van der Waals surface area contributed by atoms with Crippen molar-refractivity contribution in [2.45, 2.75) is 25.8 Å². The van der Waals surface area contributed by atoms with Gasteiger partial charge in [0.05, 0.1) is 12.3 Å². The lowest BCUT2D eigenvalue weighted by atomic mass is 9.84. The summed E-state index contributed by atoms with van der Waals surface area (Å²) in [5.74, 6) is -1.41. The highest BCUT2D eigenvalue weighted by Gasteiger charge is 2.55. The Morgan fingerprint density at radius 3 is 2.83 bits per heavy atom. The third kappa shape index (κ3) is 3.62. The van der Waals surface area contributed by atoms with E-state index in [1.54, 1.807) is 24.3 Å². The first-order chi connectivity index (χ1) is 16.7. The average Bonchev–Trinajstić information content (AvgIpc) is 3.27. The number of para-hydroxylation sites is 1. The second-order valence-electron chi connectivity index (χ2n) is 8.43. The number of nitrogen functional groups attached to an aromatic ring is 1. The summed E-state index contributed by atoms with van der Waals surface area (Å²) in [5.41, 5.74) is 11.9. The van der Waals surface area contributed by atoms with Crippen LogP contribution in [0.3, 0.4) is 0 Å². The molecule has 0 aliphatic carbocycles. The van der Waals surface area contributed by atoms with Crippen molar-refractivity contribution in [2.75, 3.05) is 18.9 Å². The van der Waals surface area contributed by atoms with Gasteiger partial charge >= 0.3 is 6.03 Å². The van der Waals surface area contributed by atoms with Crippen molar-refractivity contribution in [3.63, 3.8) is 0 Å². The molecular formula is C23H22N6O5S. The van der Waals surface area contributed by atoms with E-state index in [9.17, 15) is 19.2 Å². The first-order valence-electron chi connectivity index (χ1n) is 10.8. The molecule has 0 unspecified atom stereocenters.